The van der Waals surface area contributed by atoms with Crippen molar-refractivity contribution >= 4 is 23.4 Å². The Morgan fingerprint density at radius 3 is 2.06 bits per heavy atom. The standard InChI is InChI=1S/C27H25N3O5/c31-23(28-25(19-11-4-1-5-12-19)20-13-6-2-7-14-20)17-8-3-9-18-29-26(32)21-15-10-16-22(30(34)35)24(21)27(29)33/h1-2,4-7,10-16,25H,3,8-9,17-18H2,(H,28,31). The fourth-order valence-corrected chi connectivity index (χ4v) is 4.29. The van der Waals surface area contributed by atoms with Crippen molar-refractivity contribution in [2.45, 2.75) is 31.7 Å². The van der Waals surface area contributed by atoms with Crippen LogP contribution in [0, 0.1) is 10.1 Å². The first-order chi connectivity index (χ1) is 17.0. The summed E-state index contributed by atoms with van der Waals surface area (Å²) in [6, 6.07) is 23.3. The molecule has 0 atom stereocenters. The highest BCUT2D eigenvalue weighted by Crippen LogP contribution is 2.31. The summed E-state index contributed by atoms with van der Waals surface area (Å²) in [5.41, 5.74) is 1.55. The molecular formula is C27H25N3O5. The molecule has 0 saturated heterocycles. The number of carbonyl (C=O) groups is 3. The highest BCUT2D eigenvalue weighted by atomic mass is 16.6. The van der Waals surface area contributed by atoms with Gasteiger partial charge in [0.15, 0.2) is 0 Å². The van der Waals surface area contributed by atoms with E-state index >= 15 is 0 Å². The van der Waals surface area contributed by atoms with Crippen LogP contribution in [0.2, 0.25) is 0 Å². The van der Waals surface area contributed by atoms with Crippen molar-refractivity contribution in [2.75, 3.05) is 6.54 Å². The molecule has 4 rings (SSSR count). The van der Waals surface area contributed by atoms with Gasteiger partial charge >= 0.3 is 0 Å². The third-order valence-electron chi connectivity index (χ3n) is 6.03. The van der Waals surface area contributed by atoms with E-state index in [1.54, 1.807) is 0 Å². The molecule has 1 N–H and O–H groups in total. The molecule has 0 fully saturated rings. The Balaban J connectivity index is 1.29. The van der Waals surface area contributed by atoms with E-state index in [1.807, 2.05) is 60.7 Å². The van der Waals surface area contributed by atoms with Crippen LogP contribution in [-0.2, 0) is 4.79 Å². The van der Waals surface area contributed by atoms with Crippen molar-refractivity contribution in [3.63, 3.8) is 0 Å². The lowest BCUT2D eigenvalue weighted by Crippen LogP contribution is -2.31. The van der Waals surface area contributed by atoms with Crippen molar-refractivity contribution in [3.8, 4) is 0 Å². The third kappa shape index (κ3) is 5.27. The van der Waals surface area contributed by atoms with Gasteiger partial charge < -0.3 is 5.32 Å². The number of imide groups is 1. The summed E-state index contributed by atoms with van der Waals surface area (Å²) in [6.45, 7) is 0.155. The molecule has 35 heavy (non-hydrogen) atoms. The average Bonchev–Trinajstić information content (AvgIpc) is 3.13. The van der Waals surface area contributed by atoms with Crippen LogP contribution in [-0.4, -0.2) is 34.1 Å². The zero-order valence-electron chi connectivity index (χ0n) is 19.1. The summed E-state index contributed by atoms with van der Waals surface area (Å²) in [5.74, 6) is -1.23. The number of nitro benzene ring substituents is 1. The molecule has 1 heterocycles. The van der Waals surface area contributed by atoms with Gasteiger partial charge in [-0.3, -0.25) is 29.4 Å². The second-order valence-corrected chi connectivity index (χ2v) is 8.35. The fraction of sp³-hybridized carbons (Fsp3) is 0.222. The summed E-state index contributed by atoms with van der Waals surface area (Å²) in [4.78, 5) is 49.5. The monoisotopic (exact) mass is 471 g/mol. The van der Waals surface area contributed by atoms with E-state index in [9.17, 15) is 24.5 Å². The summed E-state index contributed by atoms with van der Waals surface area (Å²) >= 11 is 0. The number of carbonyl (C=O) groups excluding carboxylic acids is 3. The van der Waals surface area contributed by atoms with Crippen LogP contribution in [0.15, 0.2) is 78.9 Å². The second kappa shape index (κ2) is 10.7. The number of unbranched alkanes of at least 4 members (excludes halogenated alkanes) is 2. The number of benzene rings is 3. The van der Waals surface area contributed by atoms with E-state index in [-0.39, 0.29) is 35.3 Å². The largest absolute Gasteiger partial charge is 0.345 e. The van der Waals surface area contributed by atoms with Gasteiger partial charge in [0.25, 0.3) is 17.5 Å². The van der Waals surface area contributed by atoms with Crippen molar-refractivity contribution in [1.29, 1.82) is 0 Å². The van der Waals surface area contributed by atoms with E-state index in [1.165, 1.54) is 18.2 Å². The molecule has 8 nitrogen and oxygen atoms in total. The first kappa shape index (κ1) is 23.8. The molecule has 0 saturated carbocycles. The Morgan fingerprint density at radius 1 is 0.829 bits per heavy atom. The van der Waals surface area contributed by atoms with Gasteiger partial charge in [-0.15, -0.1) is 0 Å². The van der Waals surface area contributed by atoms with Crippen LogP contribution < -0.4 is 5.32 Å². The maximum Gasteiger partial charge on any atom is 0.282 e. The molecule has 0 bridgehead atoms. The van der Waals surface area contributed by atoms with Crippen molar-refractivity contribution < 1.29 is 19.3 Å². The number of nitrogens with zero attached hydrogens (tertiary/aromatic N) is 2. The third-order valence-corrected chi connectivity index (χ3v) is 6.03. The lowest BCUT2D eigenvalue weighted by molar-refractivity contribution is -0.385. The van der Waals surface area contributed by atoms with Crippen LogP contribution in [0.1, 0.15) is 63.6 Å². The molecule has 178 valence electrons. The topological polar surface area (TPSA) is 110 Å². The van der Waals surface area contributed by atoms with Crippen LogP contribution >= 0.6 is 0 Å². The van der Waals surface area contributed by atoms with Crippen LogP contribution in [0.3, 0.4) is 0 Å². The van der Waals surface area contributed by atoms with E-state index in [0.717, 1.165) is 16.0 Å². The smallest absolute Gasteiger partial charge is 0.282 e. The number of rotatable bonds is 10. The van der Waals surface area contributed by atoms with E-state index in [2.05, 4.69) is 5.32 Å². The molecule has 0 spiro atoms. The molecule has 3 amide bonds. The zero-order chi connectivity index (χ0) is 24.8. The second-order valence-electron chi connectivity index (χ2n) is 8.35. The van der Waals surface area contributed by atoms with Gasteiger partial charge in [-0.2, -0.15) is 0 Å². The Hall–Kier alpha value is -4.33. The Bertz CT molecular complexity index is 1200. The molecule has 8 heteroatoms. The zero-order valence-corrected chi connectivity index (χ0v) is 19.1. The maximum atomic E-state index is 12.7. The van der Waals surface area contributed by atoms with Crippen LogP contribution in [0.25, 0.3) is 0 Å². The predicted octanol–water partition coefficient (Wildman–Crippen LogP) is 4.66. The summed E-state index contributed by atoms with van der Waals surface area (Å²) < 4.78 is 0. The first-order valence-corrected chi connectivity index (χ1v) is 11.5. The highest BCUT2D eigenvalue weighted by Gasteiger charge is 2.40. The number of nitro groups is 1. The normalized spacial score (nSPS) is 12.7. The minimum atomic E-state index is -0.649. The number of hydrogen-bond acceptors (Lipinski definition) is 5. The molecule has 0 aromatic heterocycles. The molecule has 1 aliphatic rings. The first-order valence-electron chi connectivity index (χ1n) is 11.5. The minimum Gasteiger partial charge on any atom is -0.345 e. The quantitative estimate of drug-likeness (QED) is 0.200. The average molecular weight is 472 g/mol. The fourth-order valence-electron chi connectivity index (χ4n) is 4.29. The van der Waals surface area contributed by atoms with Gasteiger partial charge in [-0.05, 0) is 30.0 Å². The lowest BCUT2D eigenvalue weighted by atomic mass is 9.98. The van der Waals surface area contributed by atoms with Crippen molar-refractivity contribution in [1.82, 2.24) is 10.2 Å². The molecule has 0 aliphatic carbocycles. The van der Waals surface area contributed by atoms with Gasteiger partial charge in [0.1, 0.15) is 5.56 Å². The summed E-state index contributed by atoms with van der Waals surface area (Å²) in [5, 5.41) is 14.3. The minimum absolute atomic E-state index is 0.0662. The van der Waals surface area contributed by atoms with Gasteiger partial charge in [0.2, 0.25) is 5.91 Å². The van der Waals surface area contributed by atoms with E-state index in [4.69, 9.17) is 0 Å². The lowest BCUT2D eigenvalue weighted by Gasteiger charge is -2.20. The number of amides is 3. The van der Waals surface area contributed by atoms with Crippen LogP contribution in [0.5, 0.6) is 0 Å². The highest BCUT2D eigenvalue weighted by molar-refractivity contribution is 6.23. The molecular weight excluding hydrogens is 446 g/mol. The van der Waals surface area contributed by atoms with Crippen molar-refractivity contribution in [2.24, 2.45) is 0 Å². The molecule has 3 aromatic rings. The van der Waals surface area contributed by atoms with E-state index < -0.39 is 16.7 Å². The Morgan fingerprint density at radius 2 is 1.46 bits per heavy atom. The van der Waals surface area contributed by atoms with Gasteiger partial charge in [0, 0.05) is 19.0 Å². The maximum absolute atomic E-state index is 12.7. The number of nitrogens with one attached hydrogen (secondary N) is 1. The summed E-state index contributed by atoms with van der Waals surface area (Å²) in [7, 11) is 0. The molecule has 0 unspecified atom stereocenters. The number of hydrogen-bond donors (Lipinski definition) is 1. The van der Waals surface area contributed by atoms with Crippen molar-refractivity contribution in [3.05, 3.63) is 111 Å². The number of fused-ring (bicyclic) bond motifs is 1. The SMILES string of the molecule is O=C(CCCCCN1C(=O)c2cccc([N+](=O)[O-])c2C1=O)NC(c1ccccc1)c1ccccc1. The van der Waals surface area contributed by atoms with E-state index in [0.29, 0.717) is 25.7 Å². The Kier molecular flexibility index (Phi) is 7.30. The summed E-state index contributed by atoms with van der Waals surface area (Å²) in [6.07, 6.45) is 2.03. The molecule has 0 radical (unpaired) electrons. The van der Waals surface area contributed by atoms with Gasteiger partial charge in [-0.1, -0.05) is 73.2 Å². The molecule has 3 aromatic carbocycles. The van der Waals surface area contributed by atoms with Crippen LogP contribution in [0.4, 0.5) is 5.69 Å². The van der Waals surface area contributed by atoms with Gasteiger partial charge in [0.05, 0.1) is 16.5 Å². The predicted molar refractivity (Wildman–Crippen MR) is 130 cm³/mol. The molecule has 1 aliphatic heterocycles. The Labute approximate surface area is 202 Å². The van der Waals surface area contributed by atoms with Gasteiger partial charge in [-0.25, -0.2) is 0 Å².